The van der Waals surface area contributed by atoms with Crippen molar-refractivity contribution < 1.29 is 28.5 Å². The van der Waals surface area contributed by atoms with Crippen LogP contribution in [0.4, 0.5) is 0 Å². The molecule has 3 rings (SSSR count). The summed E-state index contributed by atoms with van der Waals surface area (Å²) in [6.45, 7) is 3.98. The number of ether oxygens (including phenoxy) is 5. The molecule has 0 N–H and O–H groups in total. The van der Waals surface area contributed by atoms with E-state index < -0.39 is 5.60 Å². The Morgan fingerprint density at radius 2 is 1.77 bits per heavy atom. The van der Waals surface area contributed by atoms with E-state index in [1.54, 1.807) is 51.7 Å². The van der Waals surface area contributed by atoms with E-state index in [-0.39, 0.29) is 12.6 Å². The molecule has 0 atom stereocenters. The Hall–Kier alpha value is -3.25. The number of carbonyl (C=O) groups is 1. The zero-order valence-electron chi connectivity index (χ0n) is 17.9. The molecule has 0 saturated carbocycles. The van der Waals surface area contributed by atoms with Crippen LogP contribution in [0, 0.1) is 0 Å². The molecule has 0 amide bonds. The lowest BCUT2D eigenvalue weighted by molar-refractivity contribution is 0.0491. The summed E-state index contributed by atoms with van der Waals surface area (Å²) in [4.78, 5) is 13.0. The average molecular weight is 410 g/mol. The average Bonchev–Trinajstić information content (AvgIpc) is 2.74. The molecule has 158 valence electrons. The van der Waals surface area contributed by atoms with Crippen LogP contribution in [-0.4, -0.2) is 39.5 Å². The van der Waals surface area contributed by atoms with Gasteiger partial charge in [-0.25, -0.2) is 0 Å². The molecule has 2 aromatic carbocycles. The van der Waals surface area contributed by atoms with Gasteiger partial charge in [-0.3, -0.25) is 4.79 Å². The largest absolute Gasteiger partial charge is 0.496 e. The molecular weight excluding hydrogens is 384 g/mol. The summed E-state index contributed by atoms with van der Waals surface area (Å²) < 4.78 is 27.3. The molecule has 30 heavy (non-hydrogen) atoms. The van der Waals surface area contributed by atoms with Gasteiger partial charge in [0.25, 0.3) is 0 Å². The summed E-state index contributed by atoms with van der Waals surface area (Å²) in [5.74, 6) is 2.13. The van der Waals surface area contributed by atoms with Gasteiger partial charge in [-0.1, -0.05) is 12.1 Å². The second-order valence-electron chi connectivity index (χ2n) is 7.26. The first-order chi connectivity index (χ1) is 14.4. The van der Waals surface area contributed by atoms with Crippen molar-refractivity contribution in [2.75, 3.05) is 28.1 Å². The topological polar surface area (TPSA) is 63.2 Å². The van der Waals surface area contributed by atoms with Gasteiger partial charge in [0.2, 0.25) is 0 Å². The van der Waals surface area contributed by atoms with Crippen molar-refractivity contribution in [1.82, 2.24) is 0 Å². The Labute approximate surface area is 176 Å². The minimum Gasteiger partial charge on any atom is -0.496 e. The fourth-order valence-corrected chi connectivity index (χ4v) is 3.10. The number of fused-ring (bicyclic) bond motifs is 1. The van der Waals surface area contributed by atoms with Crippen molar-refractivity contribution in [2.45, 2.75) is 19.4 Å². The smallest absolute Gasteiger partial charge is 0.189 e. The van der Waals surface area contributed by atoms with Crippen molar-refractivity contribution in [3.05, 3.63) is 59.2 Å². The number of ketones is 1. The highest BCUT2D eigenvalue weighted by Gasteiger charge is 2.27. The van der Waals surface area contributed by atoms with Gasteiger partial charge in [0, 0.05) is 7.11 Å². The van der Waals surface area contributed by atoms with Gasteiger partial charge in [-0.2, -0.15) is 0 Å². The summed E-state index contributed by atoms with van der Waals surface area (Å²) in [6.07, 6.45) is 7.11. The molecule has 6 heteroatoms. The third kappa shape index (κ3) is 4.66. The number of hydrogen-bond donors (Lipinski definition) is 0. The summed E-state index contributed by atoms with van der Waals surface area (Å²) in [7, 11) is 4.71. The Bertz CT molecular complexity index is 987. The fraction of sp³-hybridized carbons (Fsp3) is 0.292. The van der Waals surface area contributed by atoms with Gasteiger partial charge in [-0.05, 0) is 61.9 Å². The predicted molar refractivity (Wildman–Crippen MR) is 116 cm³/mol. The van der Waals surface area contributed by atoms with Crippen LogP contribution < -0.4 is 18.9 Å². The lowest BCUT2D eigenvalue weighted by atomic mass is 9.97. The highest BCUT2D eigenvalue weighted by Crippen LogP contribution is 2.40. The Balaban J connectivity index is 1.90. The van der Waals surface area contributed by atoms with Gasteiger partial charge >= 0.3 is 0 Å². The van der Waals surface area contributed by atoms with E-state index in [4.69, 9.17) is 23.7 Å². The molecule has 1 aliphatic rings. The quantitative estimate of drug-likeness (QED) is 0.355. The summed E-state index contributed by atoms with van der Waals surface area (Å²) in [6, 6.07) is 8.90. The Morgan fingerprint density at radius 3 is 2.47 bits per heavy atom. The molecule has 0 spiro atoms. The molecule has 0 aromatic heterocycles. The van der Waals surface area contributed by atoms with Crippen molar-refractivity contribution in [1.29, 1.82) is 0 Å². The first-order valence-corrected chi connectivity index (χ1v) is 9.50. The number of methoxy groups -OCH3 is 3. The molecule has 0 aliphatic carbocycles. The van der Waals surface area contributed by atoms with E-state index >= 15 is 0 Å². The molecule has 6 nitrogen and oxygen atoms in total. The van der Waals surface area contributed by atoms with E-state index in [2.05, 4.69) is 0 Å². The van der Waals surface area contributed by atoms with Crippen LogP contribution in [0.2, 0.25) is 0 Å². The van der Waals surface area contributed by atoms with Gasteiger partial charge in [-0.15, -0.1) is 0 Å². The van der Waals surface area contributed by atoms with Crippen LogP contribution in [0.5, 0.6) is 23.0 Å². The van der Waals surface area contributed by atoms with Gasteiger partial charge in [0.15, 0.2) is 24.1 Å². The van der Waals surface area contributed by atoms with Crippen LogP contribution in [0.1, 0.15) is 35.3 Å². The maximum absolute atomic E-state index is 13.0. The second kappa shape index (κ2) is 9.05. The van der Waals surface area contributed by atoms with Crippen LogP contribution >= 0.6 is 0 Å². The van der Waals surface area contributed by atoms with Gasteiger partial charge < -0.3 is 23.7 Å². The fourth-order valence-electron chi connectivity index (χ4n) is 3.10. The van der Waals surface area contributed by atoms with E-state index in [0.29, 0.717) is 28.6 Å². The van der Waals surface area contributed by atoms with Gasteiger partial charge in [0.05, 0.1) is 25.3 Å². The third-order valence-electron chi connectivity index (χ3n) is 4.61. The van der Waals surface area contributed by atoms with Crippen molar-refractivity contribution in [2.24, 2.45) is 0 Å². The van der Waals surface area contributed by atoms with Crippen LogP contribution in [-0.2, 0) is 4.74 Å². The van der Waals surface area contributed by atoms with E-state index in [1.807, 2.05) is 32.1 Å². The summed E-state index contributed by atoms with van der Waals surface area (Å²) >= 11 is 0. The van der Waals surface area contributed by atoms with Crippen LogP contribution in [0.3, 0.4) is 0 Å². The molecule has 0 unspecified atom stereocenters. The van der Waals surface area contributed by atoms with Gasteiger partial charge in [0.1, 0.15) is 17.1 Å². The number of hydrogen-bond acceptors (Lipinski definition) is 6. The standard InChI is InChI=1S/C24H26O6/c1-24(2)13-12-18-20(27-4)11-8-17(23(18)30-24)19(25)9-6-16-7-10-21(28-5)22(14-16)29-15-26-3/h6-14H,15H2,1-5H3/b9-6+. The zero-order chi connectivity index (χ0) is 21.7. The lowest BCUT2D eigenvalue weighted by Gasteiger charge is -2.29. The third-order valence-corrected chi connectivity index (χ3v) is 4.61. The number of rotatable bonds is 8. The molecule has 2 aromatic rings. The lowest BCUT2D eigenvalue weighted by Crippen LogP contribution is -2.28. The first-order valence-electron chi connectivity index (χ1n) is 9.50. The van der Waals surface area contributed by atoms with Crippen molar-refractivity contribution >= 4 is 17.9 Å². The maximum Gasteiger partial charge on any atom is 0.189 e. The van der Waals surface area contributed by atoms with E-state index in [9.17, 15) is 4.79 Å². The first kappa shape index (κ1) is 21.5. The molecule has 1 aliphatic heterocycles. The van der Waals surface area contributed by atoms with E-state index in [1.165, 1.54) is 6.08 Å². The van der Waals surface area contributed by atoms with Crippen LogP contribution in [0.25, 0.3) is 12.2 Å². The minimum atomic E-state index is -0.512. The normalized spacial score (nSPS) is 14.2. The molecule has 1 heterocycles. The zero-order valence-corrected chi connectivity index (χ0v) is 17.9. The summed E-state index contributed by atoms with van der Waals surface area (Å²) in [5, 5.41) is 0. The second-order valence-corrected chi connectivity index (χ2v) is 7.26. The Morgan fingerprint density at radius 1 is 1.03 bits per heavy atom. The van der Waals surface area contributed by atoms with E-state index in [0.717, 1.165) is 11.1 Å². The SMILES string of the molecule is COCOc1cc(/C=C/C(=O)c2ccc(OC)c3c2OC(C)(C)C=C3)ccc1OC. The Kier molecular flexibility index (Phi) is 6.47. The maximum atomic E-state index is 13.0. The van der Waals surface area contributed by atoms with Crippen molar-refractivity contribution in [3.8, 4) is 23.0 Å². The molecular formula is C24H26O6. The highest BCUT2D eigenvalue weighted by atomic mass is 16.7. The number of carbonyl (C=O) groups excluding carboxylic acids is 1. The monoisotopic (exact) mass is 410 g/mol. The van der Waals surface area contributed by atoms with Crippen molar-refractivity contribution in [3.63, 3.8) is 0 Å². The summed E-state index contributed by atoms with van der Waals surface area (Å²) in [5.41, 5.74) is 1.51. The molecule has 0 bridgehead atoms. The predicted octanol–water partition coefficient (Wildman–Crippen LogP) is 4.77. The minimum absolute atomic E-state index is 0.0983. The molecule has 0 radical (unpaired) electrons. The molecule has 0 fully saturated rings. The van der Waals surface area contributed by atoms with Crippen LogP contribution in [0.15, 0.2) is 42.5 Å². The number of allylic oxidation sites excluding steroid dienone is 1. The molecule has 0 saturated heterocycles. The number of benzene rings is 2. The highest BCUT2D eigenvalue weighted by molar-refractivity contribution is 6.09.